The van der Waals surface area contributed by atoms with Crippen LogP contribution in [0.1, 0.15) is 18.4 Å². The third kappa shape index (κ3) is 4.77. The fourth-order valence-corrected chi connectivity index (χ4v) is 3.56. The summed E-state index contributed by atoms with van der Waals surface area (Å²) in [6, 6.07) is 10.1. The van der Waals surface area contributed by atoms with Crippen LogP contribution >= 0.6 is 0 Å². The van der Waals surface area contributed by atoms with Gasteiger partial charge in [-0.25, -0.2) is 19.0 Å². The number of nitrogens with one attached hydrogen (secondary N) is 1. The molecule has 0 saturated carbocycles. The van der Waals surface area contributed by atoms with Gasteiger partial charge in [0.05, 0.1) is 5.92 Å². The van der Waals surface area contributed by atoms with Gasteiger partial charge in [-0.1, -0.05) is 12.1 Å². The van der Waals surface area contributed by atoms with Crippen molar-refractivity contribution < 1.29 is 9.18 Å². The van der Waals surface area contributed by atoms with Crippen molar-refractivity contribution in [1.29, 1.82) is 0 Å². The Balaban J connectivity index is 1.33. The second-order valence-corrected chi connectivity index (χ2v) is 7.14. The van der Waals surface area contributed by atoms with E-state index in [1.165, 1.54) is 18.5 Å². The molecule has 0 bridgehead atoms. The van der Waals surface area contributed by atoms with E-state index in [9.17, 15) is 9.18 Å². The van der Waals surface area contributed by atoms with Crippen LogP contribution in [0.3, 0.4) is 0 Å². The fraction of sp³-hybridized carbons (Fsp3) is 0.333. The van der Waals surface area contributed by atoms with Crippen molar-refractivity contribution >= 4 is 11.7 Å². The maximum absolute atomic E-state index is 13.0. The zero-order chi connectivity index (χ0) is 20.1. The van der Waals surface area contributed by atoms with Gasteiger partial charge in [-0.2, -0.15) is 5.10 Å². The van der Waals surface area contributed by atoms with E-state index in [1.807, 2.05) is 18.3 Å². The van der Waals surface area contributed by atoms with E-state index in [4.69, 9.17) is 0 Å². The van der Waals surface area contributed by atoms with Crippen LogP contribution < -0.4 is 10.2 Å². The van der Waals surface area contributed by atoms with Crippen LogP contribution in [-0.4, -0.2) is 45.3 Å². The summed E-state index contributed by atoms with van der Waals surface area (Å²) in [5, 5.41) is 7.22. The smallest absolute Gasteiger partial charge is 0.224 e. The van der Waals surface area contributed by atoms with Gasteiger partial charge in [0.25, 0.3) is 0 Å². The van der Waals surface area contributed by atoms with Crippen molar-refractivity contribution in [2.75, 3.05) is 24.5 Å². The molecule has 1 N–H and O–H groups in total. The highest BCUT2D eigenvalue weighted by Gasteiger charge is 2.26. The fourth-order valence-electron chi connectivity index (χ4n) is 3.56. The van der Waals surface area contributed by atoms with Crippen molar-refractivity contribution in [3.63, 3.8) is 0 Å². The van der Waals surface area contributed by atoms with Crippen LogP contribution in [0.5, 0.6) is 0 Å². The number of carbonyl (C=O) groups is 1. The highest BCUT2D eigenvalue weighted by Crippen LogP contribution is 2.22. The topological polar surface area (TPSA) is 75.9 Å². The first-order valence-corrected chi connectivity index (χ1v) is 9.78. The third-order valence-corrected chi connectivity index (χ3v) is 5.12. The van der Waals surface area contributed by atoms with E-state index in [-0.39, 0.29) is 17.6 Å². The molecule has 7 nitrogen and oxygen atoms in total. The van der Waals surface area contributed by atoms with Crippen molar-refractivity contribution in [3.8, 4) is 5.82 Å². The molecule has 1 aromatic carbocycles. The lowest BCUT2D eigenvalue weighted by Crippen LogP contribution is -2.43. The molecular formula is C21H23FN6O. The van der Waals surface area contributed by atoms with Crippen LogP contribution in [0, 0.1) is 11.7 Å². The molecule has 0 spiro atoms. The van der Waals surface area contributed by atoms with E-state index < -0.39 is 0 Å². The zero-order valence-corrected chi connectivity index (χ0v) is 16.0. The molecule has 0 radical (unpaired) electrons. The molecule has 3 heterocycles. The Hall–Kier alpha value is -3.29. The largest absolute Gasteiger partial charge is 0.356 e. The molecule has 1 amide bonds. The molecule has 4 rings (SSSR count). The molecule has 1 aliphatic rings. The Labute approximate surface area is 168 Å². The van der Waals surface area contributed by atoms with E-state index in [1.54, 1.807) is 23.0 Å². The molecule has 29 heavy (non-hydrogen) atoms. The molecule has 0 aliphatic carbocycles. The van der Waals surface area contributed by atoms with Crippen LogP contribution in [-0.2, 0) is 11.2 Å². The summed E-state index contributed by atoms with van der Waals surface area (Å²) in [7, 11) is 0. The monoisotopic (exact) mass is 394 g/mol. The second-order valence-electron chi connectivity index (χ2n) is 7.14. The molecule has 2 aromatic heterocycles. The summed E-state index contributed by atoms with van der Waals surface area (Å²) in [4.78, 5) is 23.4. The van der Waals surface area contributed by atoms with Gasteiger partial charge in [0.15, 0.2) is 5.82 Å². The summed E-state index contributed by atoms with van der Waals surface area (Å²) in [5.74, 6) is 1.22. The van der Waals surface area contributed by atoms with Crippen LogP contribution in [0.15, 0.2) is 55.1 Å². The molecule has 1 unspecified atom stereocenters. The average Bonchev–Trinajstić information content (AvgIpc) is 3.30. The minimum atomic E-state index is -0.250. The number of piperidine rings is 1. The lowest BCUT2D eigenvalue weighted by atomic mass is 9.97. The summed E-state index contributed by atoms with van der Waals surface area (Å²) in [5.41, 5.74) is 1.00. The number of aromatic nitrogens is 4. The first-order valence-electron chi connectivity index (χ1n) is 9.78. The minimum absolute atomic E-state index is 0.0539. The molecule has 1 aliphatic heterocycles. The standard InChI is InChI=1S/C21H23FN6O/c22-18-6-4-16(5-7-18)8-10-23-21(29)17-3-1-11-27(14-17)19-13-20(25-15-24-19)28-12-2-9-26-28/h2,4-7,9,12-13,15,17H,1,3,8,10-11,14H2,(H,23,29). The van der Waals surface area contributed by atoms with Gasteiger partial charge < -0.3 is 10.2 Å². The molecule has 150 valence electrons. The third-order valence-electron chi connectivity index (χ3n) is 5.12. The Kier molecular flexibility index (Phi) is 5.79. The number of hydrogen-bond acceptors (Lipinski definition) is 5. The van der Waals surface area contributed by atoms with Gasteiger partial charge in [0, 0.05) is 38.1 Å². The number of rotatable bonds is 6. The van der Waals surface area contributed by atoms with Crippen molar-refractivity contribution in [2.45, 2.75) is 19.3 Å². The lowest BCUT2D eigenvalue weighted by Gasteiger charge is -2.32. The maximum Gasteiger partial charge on any atom is 0.224 e. The van der Waals surface area contributed by atoms with Gasteiger partial charge in [0.2, 0.25) is 5.91 Å². The SMILES string of the molecule is O=C(NCCc1ccc(F)cc1)C1CCCN(c2cc(-n3cccn3)ncn2)C1. The van der Waals surface area contributed by atoms with Gasteiger partial charge in [0.1, 0.15) is 18.0 Å². The second kappa shape index (κ2) is 8.81. The van der Waals surface area contributed by atoms with Crippen LogP contribution in [0.2, 0.25) is 0 Å². The number of hydrogen-bond donors (Lipinski definition) is 1. The quantitative estimate of drug-likeness (QED) is 0.695. The number of benzene rings is 1. The lowest BCUT2D eigenvalue weighted by molar-refractivity contribution is -0.125. The maximum atomic E-state index is 13.0. The Morgan fingerprint density at radius 2 is 2.03 bits per heavy atom. The van der Waals surface area contributed by atoms with Crippen LogP contribution in [0.4, 0.5) is 10.2 Å². The van der Waals surface area contributed by atoms with Gasteiger partial charge in [-0.3, -0.25) is 4.79 Å². The summed E-state index contributed by atoms with van der Waals surface area (Å²) < 4.78 is 14.7. The molecular weight excluding hydrogens is 371 g/mol. The van der Waals surface area contributed by atoms with Crippen LogP contribution in [0.25, 0.3) is 5.82 Å². The number of carbonyl (C=O) groups excluding carboxylic acids is 1. The Morgan fingerprint density at radius 3 is 2.83 bits per heavy atom. The number of nitrogens with zero attached hydrogens (tertiary/aromatic N) is 5. The predicted molar refractivity (Wildman–Crippen MR) is 107 cm³/mol. The van der Waals surface area contributed by atoms with E-state index in [0.29, 0.717) is 25.3 Å². The van der Waals surface area contributed by atoms with E-state index in [2.05, 4.69) is 25.3 Å². The van der Waals surface area contributed by atoms with E-state index >= 15 is 0 Å². The summed E-state index contributed by atoms with van der Waals surface area (Å²) in [6.45, 7) is 2.02. The first-order chi connectivity index (χ1) is 14.2. The molecule has 3 aromatic rings. The average molecular weight is 394 g/mol. The van der Waals surface area contributed by atoms with E-state index in [0.717, 1.165) is 30.8 Å². The van der Waals surface area contributed by atoms with Gasteiger partial charge in [-0.15, -0.1) is 0 Å². The first kappa shape index (κ1) is 19.0. The van der Waals surface area contributed by atoms with Crippen molar-refractivity contribution in [2.24, 2.45) is 5.92 Å². The predicted octanol–water partition coefficient (Wildman–Crippen LogP) is 2.38. The Bertz CT molecular complexity index is 944. The highest BCUT2D eigenvalue weighted by atomic mass is 19.1. The minimum Gasteiger partial charge on any atom is -0.356 e. The van der Waals surface area contributed by atoms with Gasteiger partial charge >= 0.3 is 0 Å². The summed E-state index contributed by atoms with van der Waals surface area (Å²) in [6.07, 6.45) is 7.53. The number of halogens is 1. The normalized spacial score (nSPS) is 16.6. The Morgan fingerprint density at radius 1 is 1.21 bits per heavy atom. The van der Waals surface area contributed by atoms with Gasteiger partial charge in [-0.05, 0) is 43.0 Å². The highest BCUT2D eigenvalue weighted by molar-refractivity contribution is 5.79. The zero-order valence-electron chi connectivity index (χ0n) is 16.0. The van der Waals surface area contributed by atoms with Crippen molar-refractivity contribution in [1.82, 2.24) is 25.1 Å². The number of amides is 1. The molecule has 1 saturated heterocycles. The number of anilines is 1. The molecule has 8 heteroatoms. The summed E-state index contributed by atoms with van der Waals surface area (Å²) >= 11 is 0. The van der Waals surface area contributed by atoms with Crippen molar-refractivity contribution in [3.05, 3.63) is 66.5 Å². The molecule has 1 atom stereocenters. The molecule has 1 fully saturated rings.